The van der Waals surface area contributed by atoms with Crippen molar-refractivity contribution in [1.82, 2.24) is 15.3 Å². The van der Waals surface area contributed by atoms with Gasteiger partial charge in [0, 0.05) is 48.7 Å². The van der Waals surface area contributed by atoms with Crippen LogP contribution >= 0.6 is 11.3 Å². The summed E-state index contributed by atoms with van der Waals surface area (Å²) in [6.07, 6.45) is 6.33. The molecule has 0 bridgehead atoms. The molecule has 2 heterocycles. The van der Waals surface area contributed by atoms with Crippen molar-refractivity contribution in [2.75, 3.05) is 13.2 Å². The highest BCUT2D eigenvalue weighted by molar-refractivity contribution is 7.15. The van der Waals surface area contributed by atoms with Gasteiger partial charge in [-0.25, -0.2) is 4.98 Å². The van der Waals surface area contributed by atoms with Crippen LogP contribution in [0.2, 0.25) is 0 Å². The predicted octanol–water partition coefficient (Wildman–Crippen LogP) is 2.70. The molecule has 0 aromatic carbocycles. The van der Waals surface area contributed by atoms with Crippen molar-refractivity contribution in [3.05, 3.63) is 35.6 Å². The van der Waals surface area contributed by atoms with Gasteiger partial charge in [0.2, 0.25) is 0 Å². The molecule has 0 saturated heterocycles. The minimum atomic E-state index is 0.117. The van der Waals surface area contributed by atoms with Crippen molar-refractivity contribution in [3.8, 4) is 10.6 Å². The molecule has 2 N–H and O–H groups in total. The lowest BCUT2D eigenvalue weighted by atomic mass is 9.90. The van der Waals surface area contributed by atoms with E-state index in [0.29, 0.717) is 0 Å². The predicted molar refractivity (Wildman–Crippen MR) is 82.5 cm³/mol. The van der Waals surface area contributed by atoms with Crippen LogP contribution in [0.1, 0.15) is 25.1 Å². The van der Waals surface area contributed by atoms with Crippen molar-refractivity contribution < 1.29 is 5.11 Å². The smallest absolute Gasteiger partial charge is 0.125 e. The zero-order valence-electron chi connectivity index (χ0n) is 12.0. The van der Waals surface area contributed by atoms with Gasteiger partial charge < -0.3 is 10.4 Å². The second-order valence-corrected chi connectivity index (χ2v) is 6.73. The average Bonchev–Trinajstić information content (AvgIpc) is 2.88. The molecule has 0 amide bonds. The molecule has 0 unspecified atom stereocenters. The zero-order chi connectivity index (χ0) is 14.4. The SMILES string of the molecule is CC(C)(CCO)CNCc1cnc(-c2cccnc2)s1. The van der Waals surface area contributed by atoms with Crippen LogP contribution in [0.3, 0.4) is 0 Å². The molecule has 5 heteroatoms. The minimum Gasteiger partial charge on any atom is -0.396 e. The molecule has 2 rings (SSSR count). The van der Waals surface area contributed by atoms with E-state index in [2.05, 4.69) is 29.1 Å². The summed E-state index contributed by atoms with van der Waals surface area (Å²) in [5, 5.41) is 13.4. The highest BCUT2D eigenvalue weighted by Gasteiger charge is 2.16. The Hall–Kier alpha value is -1.30. The van der Waals surface area contributed by atoms with Crippen LogP contribution in [-0.2, 0) is 6.54 Å². The lowest BCUT2D eigenvalue weighted by molar-refractivity contribution is 0.207. The van der Waals surface area contributed by atoms with Gasteiger partial charge in [0.25, 0.3) is 0 Å². The third-order valence-corrected chi connectivity index (χ3v) is 4.20. The lowest BCUT2D eigenvalue weighted by Gasteiger charge is -2.23. The number of thiazole rings is 1. The van der Waals surface area contributed by atoms with Crippen LogP contribution in [0.5, 0.6) is 0 Å². The number of nitrogens with zero attached hydrogens (tertiary/aromatic N) is 2. The molecule has 2 aromatic heterocycles. The first kappa shape index (κ1) is 15.1. The molecular weight excluding hydrogens is 270 g/mol. The fourth-order valence-electron chi connectivity index (χ4n) is 1.93. The normalized spacial score (nSPS) is 11.8. The molecule has 0 atom stereocenters. The maximum atomic E-state index is 9.01. The van der Waals surface area contributed by atoms with Crippen LogP contribution in [0.25, 0.3) is 10.6 Å². The maximum Gasteiger partial charge on any atom is 0.125 e. The maximum absolute atomic E-state index is 9.01. The number of hydrogen-bond donors (Lipinski definition) is 2. The van der Waals surface area contributed by atoms with E-state index in [1.165, 1.54) is 4.88 Å². The number of aromatic nitrogens is 2. The first-order chi connectivity index (χ1) is 9.61. The molecule has 0 aliphatic carbocycles. The summed E-state index contributed by atoms with van der Waals surface area (Å²) in [4.78, 5) is 9.76. The summed E-state index contributed by atoms with van der Waals surface area (Å²) in [6.45, 7) is 6.24. The van der Waals surface area contributed by atoms with Crippen molar-refractivity contribution in [2.45, 2.75) is 26.8 Å². The van der Waals surface area contributed by atoms with Gasteiger partial charge in [0.05, 0.1) is 0 Å². The van der Waals surface area contributed by atoms with E-state index < -0.39 is 0 Å². The quantitative estimate of drug-likeness (QED) is 0.823. The number of hydrogen-bond acceptors (Lipinski definition) is 5. The molecular formula is C15H21N3OS. The van der Waals surface area contributed by atoms with Gasteiger partial charge in [-0.3, -0.25) is 4.98 Å². The van der Waals surface area contributed by atoms with Crippen LogP contribution in [0.4, 0.5) is 0 Å². The Morgan fingerprint density at radius 1 is 1.35 bits per heavy atom. The number of aliphatic hydroxyl groups excluding tert-OH is 1. The molecule has 4 nitrogen and oxygen atoms in total. The Bertz CT molecular complexity index is 525. The Morgan fingerprint density at radius 2 is 2.20 bits per heavy atom. The summed E-state index contributed by atoms with van der Waals surface area (Å²) in [5.74, 6) is 0. The minimum absolute atomic E-state index is 0.117. The molecule has 0 radical (unpaired) electrons. The van der Waals surface area contributed by atoms with Crippen LogP contribution in [-0.4, -0.2) is 28.2 Å². The van der Waals surface area contributed by atoms with Gasteiger partial charge in [-0.1, -0.05) is 13.8 Å². The summed E-state index contributed by atoms with van der Waals surface area (Å²) in [6, 6.07) is 3.94. The largest absolute Gasteiger partial charge is 0.396 e. The van der Waals surface area contributed by atoms with Gasteiger partial charge in [-0.05, 0) is 24.0 Å². The fourth-order valence-corrected chi connectivity index (χ4v) is 2.80. The molecule has 108 valence electrons. The third-order valence-electron chi connectivity index (χ3n) is 3.15. The Balaban J connectivity index is 1.88. The topological polar surface area (TPSA) is 58.0 Å². The van der Waals surface area contributed by atoms with E-state index in [1.807, 2.05) is 24.5 Å². The second kappa shape index (κ2) is 6.92. The Morgan fingerprint density at radius 3 is 2.90 bits per heavy atom. The highest BCUT2D eigenvalue weighted by Crippen LogP contribution is 2.24. The number of nitrogens with one attached hydrogen (secondary N) is 1. The van der Waals surface area contributed by atoms with E-state index in [0.717, 1.165) is 30.1 Å². The van der Waals surface area contributed by atoms with Crippen LogP contribution in [0.15, 0.2) is 30.7 Å². The monoisotopic (exact) mass is 291 g/mol. The standard InChI is InChI=1S/C15H21N3OS/c1-15(2,5-7-19)11-17-9-13-10-18-14(20-13)12-4-3-6-16-8-12/h3-4,6,8,10,17,19H,5,7,9,11H2,1-2H3. The first-order valence-electron chi connectivity index (χ1n) is 6.77. The van der Waals surface area contributed by atoms with Crippen molar-refractivity contribution in [3.63, 3.8) is 0 Å². The molecule has 0 spiro atoms. The third kappa shape index (κ3) is 4.37. The molecule has 0 fully saturated rings. The second-order valence-electron chi connectivity index (χ2n) is 5.61. The van der Waals surface area contributed by atoms with E-state index in [1.54, 1.807) is 17.5 Å². The van der Waals surface area contributed by atoms with Crippen molar-refractivity contribution in [2.24, 2.45) is 5.41 Å². The Labute approximate surface area is 123 Å². The first-order valence-corrected chi connectivity index (χ1v) is 7.59. The van der Waals surface area contributed by atoms with Gasteiger partial charge in [-0.2, -0.15) is 0 Å². The van der Waals surface area contributed by atoms with Gasteiger partial charge in [-0.15, -0.1) is 11.3 Å². The Kier molecular flexibility index (Phi) is 5.23. The zero-order valence-corrected chi connectivity index (χ0v) is 12.8. The van der Waals surface area contributed by atoms with Crippen molar-refractivity contribution in [1.29, 1.82) is 0 Å². The number of rotatable bonds is 7. The summed E-state index contributed by atoms with van der Waals surface area (Å²) >= 11 is 1.69. The molecule has 0 aliphatic heterocycles. The molecule has 0 saturated carbocycles. The van der Waals surface area contributed by atoms with E-state index in [-0.39, 0.29) is 12.0 Å². The molecule has 20 heavy (non-hydrogen) atoms. The van der Waals surface area contributed by atoms with Gasteiger partial charge >= 0.3 is 0 Å². The van der Waals surface area contributed by atoms with Gasteiger partial charge in [0.1, 0.15) is 5.01 Å². The van der Waals surface area contributed by atoms with E-state index in [4.69, 9.17) is 5.11 Å². The summed E-state index contributed by atoms with van der Waals surface area (Å²) in [7, 11) is 0. The van der Waals surface area contributed by atoms with E-state index in [9.17, 15) is 0 Å². The summed E-state index contributed by atoms with van der Waals surface area (Å²) < 4.78 is 0. The molecule has 2 aromatic rings. The average molecular weight is 291 g/mol. The summed E-state index contributed by atoms with van der Waals surface area (Å²) in [5.41, 5.74) is 1.18. The van der Waals surface area contributed by atoms with Crippen LogP contribution in [0, 0.1) is 5.41 Å². The fraction of sp³-hybridized carbons (Fsp3) is 0.467. The molecule has 0 aliphatic rings. The van der Waals surface area contributed by atoms with Crippen molar-refractivity contribution >= 4 is 11.3 Å². The highest BCUT2D eigenvalue weighted by atomic mass is 32.1. The van der Waals surface area contributed by atoms with Gasteiger partial charge in [0.15, 0.2) is 0 Å². The number of pyridine rings is 1. The lowest BCUT2D eigenvalue weighted by Crippen LogP contribution is -2.29. The van der Waals surface area contributed by atoms with E-state index >= 15 is 0 Å². The van der Waals surface area contributed by atoms with Crippen LogP contribution < -0.4 is 5.32 Å². The number of aliphatic hydroxyl groups is 1.